The van der Waals surface area contributed by atoms with Gasteiger partial charge in [-0.05, 0) is 119 Å². The van der Waals surface area contributed by atoms with Crippen LogP contribution in [0.25, 0.3) is 0 Å². The van der Waals surface area contributed by atoms with Crippen molar-refractivity contribution in [3.63, 3.8) is 0 Å². The molecule has 0 radical (unpaired) electrons. The number of unbranched alkanes of at least 4 members (excludes halogenated alkanes) is 6. The molecule has 2 N–H and O–H groups in total. The Kier molecular flexibility index (Phi) is 10.8. The molecule has 0 aliphatic heterocycles. The van der Waals surface area contributed by atoms with Crippen LogP contribution in [0.4, 0.5) is 26.3 Å². The molecular weight excluding hydrogens is 568 g/mol. The summed E-state index contributed by atoms with van der Waals surface area (Å²) in [5, 5.41) is 21.4. The van der Waals surface area contributed by atoms with Gasteiger partial charge in [0.05, 0.1) is 5.60 Å². The van der Waals surface area contributed by atoms with Crippen LogP contribution < -0.4 is 0 Å². The summed E-state index contributed by atoms with van der Waals surface area (Å²) in [4.78, 5) is 2.24. The van der Waals surface area contributed by atoms with Crippen molar-refractivity contribution in [1.82, 2.24) is 4.90 Å². The van der Waals surface area contributed by atoms with E-state index in [4.69, 9.17) is 0 Å². The average Bonchev–Trinajstić information content (AvgIpc) is 3.14. The monoisotopic (exact) mass is 619 g/mol. The van der Waals surface area contributed by atoms with Crippen LogP contribution in [-0.2, 0) is 6.42 Å². The topological polar surface area (TPSA) is 43.7 Å². The van der Waals surface area contributed by atoms with Crippen molar-refractivity contribution in [3.8, 4) is 5.75 Å². The van der Waals surface area contributed by atoms with Crippen molar-refractivity contribution in [2.75, 3.05) is 20.1 Å². The highest BCUT2D eigenvalue weighted by atomic mass is 19.4. The van der Waals surface area contributed by atoms with Crippen molar-refractivity contribution < 1.29 is 36.6 Å². The molecule has 1 aromatic carbocycles. The van der Waals surface area contributed by atoms with Gasteiger partial charge in [-0.25, -0.2) is 4.39 Å². The van der Waals surface area contributed by atoms with Gasteiger partial charge in [0, 0.05) is 17.8 Å². The van der Waals surface area contributed by atoms with Gasteiger partial charge in [-0.2, -0.15) is 22.0 Å². The summed E-state index contributed by atoms with van der Waals surface area (Å²) in [5.41, 5.74) is 0.813. The molecule has 246 valence electrons. The minimum Gasteiger partial charge on any atom is -0.508 e. The van der Waals surface area contributed by atoms with Crippen LogP contribution >= 0.6 is 0 Å². The Bertz CT molecular complexity index is 1060. The largest absolute Gasteiger partial charge is 0.508 e. The van der Waals surface area contributed by atoms with Crippen molar-refractivity contribution >= 4 is 0 Å². The van der Waals surface area contributed by atoms with Crippen molar-refractivity contribution in [2.24, 2.45) is 23.2 Å². The summed E-state index contributed by atoms with van der Waals surface area (Å²) < 4.78 is 78.8. The second-order valence-corrected chi connectivity index (χ2v) is 14.4. The second-order valence-electron chi connectivity index (χ2n) is 14.4. The lowest BCUT2D eigenvalue weighted by atomic mass is 9.50. The van der Waals surface area contributed by atoms with Crippen LogP contribution in [0.15, 0.2) is 18.2 Å². The number of aromatic hydroxyl groups is 1. The Labute approximate surface area is 253 Å². The van der Waals surface area contributed by atoms with Gasteiger partial charge in [0.1, 0.15) is 11.9 Å². The minimum atomic E-state index is -5.46. The van der Waals surface area contributed by atoms with Gasteiger partial charge in [0.15, 0.2) is 0 Å². The SMILES string of the molecule is CN(CCCCCCCC(F)(F)C(F)(F)F)CCCCC[C@@H]1Cc2cc(O)ccc2[C@@H]2[C@@H]1[C@@H]1CC[C@](C)(O)[C@@]1(C)C[C@@H]2F. The van der Waals surface area contributed by atoms with Gasteiger partial charge in [-0.1, -0.05) is 45.1 Å². The van der Waals surface area contributed by atoms with E-state index >= 15 is 4.39 Å². The first-order valence-electron chi connectivity index (χ1n) is 16.4. The molecule has 0 unspecified atom stereocenters. The average molecular weight is 620 g/mol. The molecule has 1 aromatic rings. The highest BCUT2D eigenvalue weighted by molar-refractivity contribution is 5.41. The van der Waals surface area contributed by atoms with E-state index in [2.05, 4.69) is 18.9 Å². The summed E-state index contributed by atoms with van der Waals surface area (Å²) in [5.74, 6) is -3.79. The number of aliphatic hydroxyl groups is 1. The first-order chi connectivity index (χ1) is 20.1. The van der Waals surface area contributed by atoms with E-state index < -0.39 is 35.7 Å². The Morgan fingerprint density at radius 2 is 1.56 bits per heavy atom. The second kappa shape index (κ2) is 13.5. The number of phenols is 1. The Morgan fingerprint density at radius 3 is 2.23 bits per heavy atom. The molecule has 0 heterocycles. The Hall–Kier alpha value is -1.48. The third kappa shape index (κ3) is 7.50. The number of rotatable bonds is 14. The van der Waals surface area contributed by atoms with Crippen LogP contribution in [0.5, 0.6) is 5.75 Å². The third-order valence-corrected chi connectivity index (χ3v) is 11.5. The van der Waals surface area contributed by atoms with Crippen LogP contribution in [-0.4, -0.2) is 59.1 Å². The highest BCUT2D eigenvalue weighted by Crippen LogP contribution is 2.66. The van der Waals surface area contributed by atoms with E-state index in [1.165, 1.54) is 0 Å². The standard InChI is InChI=1S/C34H51F6NO2/c1-31-22-28(35)30-26-14-13-25(42)21-24(26)20-23(29(30)27(31)15-17-32(31,2)43)12-8-7-11-19-41(3)18-10-6-4-5-9-16-33(36,37)34(38,39)40/h13-14,21,23,27-30,42-43H,4-12,15-20,22H2,1-3H3/t23-,27+,28+,29+,30+,31+,32+/m1/s1. The number of alkyl halides is 6. The molecular formula is C34H51F6NO2. The molecule has 4 rings (SSSR count). The van der Waals surface area contributed by atoms with Crippen LogP contribution in [0, 0.1) is 23.2 Å². The van der Waals surface area contributed by atoms with E-state index in [1.807, 2.05) is 19.1 Å². The molecule has 2 saturated carbocycles. The van der Waals surface area contributed by atoms with Gasteiger partial charge in [0.2, 0.25) is 0 Å². The Balaban J connectivity index is 1.21. The van der Waals surface area contributed by atoms with Gasteiger partial charge < -0.3 is 15.1 Å². The van der Waals surface area contributed by atoms with E-state index in [1.54, 1.807) is 6.07 Å². The maximum absolute atomic E-state index is 16.1. The quantitative estimate of drug-likeness (QED) is 0.161. The smallest absolute Gasteiger partial charge is 0.453 e. The van der Waals surface area contributed by atoms with Crippen LogP contribution in [0.1, 0.15) is 114 Å². The predicted molar refractivity (Wildman–Crippen MR) is 157 cm³/mol. The van der Waals surface area contributed by atoms with E-state index in [0.717, 1.165) is 75.6 Å². The molecule has 0 amide bonds. The summed E-state index contributed by atoms with van der Waals surface area (Å²) in [7, 11) is 2.05. The number of fused-ring (bicyclic) bond motifs is 5. The molecule has 9 heteroatoms. The molecule has 0 aromatic heterocycles. The maximum atomic E-state index is 16.1. The zero-order valence-corrected chi connectivity index (χ0v) is 26.0. The van der Waals surface area contributed by atoms with Gasteiger partial charge >= 0.3 is 12.1 Å². The zero-order valence-electron chi connectivity index (χ0n) is 26.0. The first-order valence-corrected chi connectivity index (χ1v) is 16.4. The van der Waals surface area contributed by atoms with Gasteiger partial charge in [-0.15, -0.1) is 0 Å². The lowest BCUT2D eigenvalue weighted by Gasteiger charge is -2.56. The van der Waals surface area contributed by atoms with E-state index in [9.17, 15) is 32.2 Å². The molecule has 3 aliphatic rings. The predicted octanol–water partition coefficient (Wildman–Crippen LogP) is 9.20. The number of benzene rings is 1. The fourth-order valence-electron chi connectivity index (χ4n) is 8.76. The van der Waals surface area contributed by atoms with Crippen LogP contribution in [0.2, 0.25) is 0 Å². The number of phenolic OH excluding ortho intramolecular Hbond substituents is 1. The van der Waals surface area contributed by atoms with Gasteiger partial charge in [0.25, 0.3) is 0 Å². The summed E-state index contributed by atoms with van der Waals surface area (Å²) in [6.07, 6.45) is 1.95. The fraction of sp³-hybridized carbons (Fsp3) is 0.824. The molecule has 0 bridgehead atoms. The molecule has 3 nitrogen and oxygen atoms in total. The molecule has 2 fully saturated rings. The molecule has 0 saturated heterocycles. The van der Waals surface area contributed by atoms with E-state index in [-0.39, 0.29) is 29.9 Å². The lowest BCUT2D eigenvalue weighted by molar-refractivity contribution is -0.284. The third-order valence-electron chi connectivity index (χ3n) is 11.5. The molecule has 7 atom stereocenters. The van der Waals surface area contributed by atoms with Crippen LogP contribution in [0.3, 0.4) is 0 Å². The number of nitrogens with zero attached hydrogens (tertiary/aromatic N) is 1. The Morgan fingerprint density at radius 1 is 0.930 bits per heavy atom. The summed E-state index contributed by atoms with van der Waals surface area (Å²) in [6, 6.07) is 5.41. The molecule has 43 heavy (non-hydrogen) atoms. The number of halogens is 6. The van der Waals surface area contributed by atoms with Crippen molar-refractivity contribution in [3.05, 3.63) is 29.3 Å². The zero-order chi connectivity index (χ0) is 31.6. The maximum Gasteiger partial charge on any atom is 0.453 e. The van der Waals surface area contributed by atoms with E-state index in [0.29, 0.717) is 31.6 Å². The number of hydrogen-bond donors (Lipinski definition) is 2. The molecule has 0 spiro atoms. The minimum absolute atomic E-state index is 0.122. The highest BCUT2D eigenvalue weighted by Gasteiger charge is 2.63. The number of hydrogen-bond acceptors (Lipinski definition) is 3. The summed E-state index contributed by atoms with van der Waals surface area (Å²) >= 11 is 0. The lowest BCUT2D eigenvalue weighted by Crippen LogP contribution is -2.54. The van der Waals surface area contributed by atoms with Gasteiger partial charge in [-0.3, -0.25) is 0 Å². The first kappa shape index (κ1) is 34.4. The summed E-state index contributed by atoms with van der Waals surface area (Å²) in [6.45, 7) is 5.78. The normalized spacial score (nSPS) is 32.5. The van der Waals surface area contributed by atoms with Crippen molar-refractivity contribution in [1.29, 1.82) is 0 Å². The molecule has 3 aliphatic carbocycles. The van der Waals surface area contributed by atoms with Crippen molar-refractivity contribution in [2.45, 2.75) is 134 Å². The fourth-order valence-corrected chi connectivity index (χ4v) is 8.76.